The molecule has 0 unspecified atom stereocenters. The van der Waals surface area contributed by atoms with E-state index in [9.17, 15) is 5.11 Å². The molecule has 2 N–H and O–H groups in total. The molecular weight excluding hydrogens is 336 g/mol. The molecule has 0 atom stereocenters. The number of aromatic nitrogens is 3. The molecule has 5 nitrogen and oxygen atoms in total. The summed E-state index contributed by atoms with van der Waals surface area (Å²) in [5.41, 5.74) is 2.29. The Balaban J connectivity index is 1.82. The number of phenols is 1. The maximum atomic E-state index is 10.7. The number of hydrogen-bond acceptors (Lipinski definition) is 4. The summed E-state index contributed by atoms with van der Waals surface area (Å²) in [5.74, 6) is 1.52. The van der Waals surface area contributed by atoms with Crippen LogP contribution in [0.3, 0.4) is 0 Å². The molecule has 5 rings (SSSR count). The molecular formula is C22H16N4O. The smallest absolute Gasteiger partial charge is 0.235 e. The molecule has 130 valence electrons. The highest BCUT2D eigenvalue weighted by molar-refractivity contribution is 6.01. The molecule has 0 aliphatic carbocycles. The molecule has 0 fully saturated rings. The summed E-state index contributed by atoms with van der Waals surface area (Å²) in [4.78, 5) is 9.09. The highest BCUT2D eigenvalue weighted by Gasteiger charge is 2.20. The lowest BCUT2D eigenvalue weighted by Crippen LogP contribution is -1.97. The van der Waals surface area contributed by atoms with E-state index in [1.807, 2.05) is 77.3 Å². The van der Waals surface area contributed by atoms with Gasteiger partial charge in [0.2, 0.25) is 5.78 Å². The van der Waals surface area contributed by atoms with Gasteiger partial charge in [0.15, 0.2) is 0 Å². The first kappa shape index (κ1) is 15.4. The molecule has 3 aromatic carbocycles. The normalized spacial score (nSPS) is 11.1. The van der Waals surface area contributed by atoms with Gasteiger partial charge in [-0.3, -0.25) is 4.40 Å². The summed E-state index contributed by atoms with van der Waals surface area (Å²) >= 11 is 0. The van der Waals surface area contributed by atoms with Crippen molar-refractivity contribution in [2.75, 3.05) is 5.32 Å². The zero-order valence-corrected chi connectivity index (χ0v) is 14.4. The van der Waals surface area contributed by atoms with E-state index in [0.717, 1.165) is 22.3 Å². The first-order valence-corrected chi connectivity index (χ1v) is 8.67. The Morgan fingerprint density at radius 2 is 1.67 bits per heavy atom. The predicted molar refractivity (Wildman–Crippen MR) is 107 cm³/mol. The maximum absolute atomic E-state index is 10.7. The van der Waals surface area contributed by atoms with Crippen molar-refractivity contribution in [3.63, 3.8) is 0 Å². The van der Waals surface area contributed by atoms with E-state index >= 15 is 0 Å². The highest BCUT2D eigenvalue weighted by atomic mass is 16.3. The van der Waals surface area contributed by atoms with Crippen LogP contribution in [-0.2, 0) is 0 Å². The Kier molecular flexibility index (Phi) is 3.50. The van der Waals surface area contributed by atoms with Crippen LogP contribution in [0.15, 0.2) is 85.2 Å². The van der Waals surface area contributed by atoms with E-state index in [1.54, 1.807) is 12.3 Å². The van der Waals surface area contributed by atoms with Crippen LogP contribution in [0, 0.1) is 0 Å². The van der Waals surface area contributed by atoms with Crippen LogP contribution in [0.2, 0.25) is 0 Å². The van der Waals surface area contributed by atoms with Gasteiger partial charge in [0.05, 0.1) is 5.56 Å². The van der Waals surface area contributed by atoms with Gasteiger partial charge < -0.3 is 10.4 Å². The van der Waals surface area contributed by atoms with Crippen molar-refractivity contribution in [1.82, 2.24) is 14.4 Å². The van der Waals surface area contributed by atoms with Crippen molar-refractivity contribution >= 4 is 28.1 Å². The minimum absolute atomic E-state index is 0.188. The fourth-order valence-electron chi connectivity index (χ4n) is 3.35. The summed E-state index contributed by atoms with van der Waals surface area (Å²) in [6.45, 7) is 0. The molecule has 27 heavy (non-hydrogen) atoms. The first-order valence-electron chi connectivity index (χ1n) is 8.67. The monoisotopic (exact) mass is 352 g/mol. The first-order chi connectivity index (χ1) is 13.3. The zero-order valence-electron chi connectivity index (χ0n) is 14.4. The fourth-order valence-corrected chi connectivity index (χ4v) is 3.35. The molecule has 0 aliphatic rings. The van der Waals surface area contributed by atoms with Crippen LogP contribution in [0.25, 0.3) is 27.8 Å². The molecule has 0 bridgehead atoms. The number of nitrogens with one attached hydrogen (secondary N) is 1. The van der Waals surface area contributed by atoms with Crippen molar-refractivity contribution in [2.45, 2.75) is 0 Å². The lowest BCUT2D eigenvalue weighted by molar-refractivity contribution is 0.478. The van der Waals surface area contributed by atoms with Gasteiger partial charge >= 0.3 is 0 Å². The molecule has 0 saturated carbocycles. The average Bonchev–Trinajstić information content (AvgIpc) is 3.07. The summed E-state index contributed by atoms with van der Waals surface area (Å²) in [6.07, 6.45) is 3.62. The minimum atomic E-state index is 0.188. The van der Waals surface area contributed by atoms with Gasteiger partial charge in [0.25, 0.3) is 0 Å². The molecule has 2 heterocycles. The molecule has 0 saturated heterocycles. The predicted octanol–water partition coefficient (Wildman–Crippen LogP) is 5.00. The van der Waals surface area contributed by atoms with Gasteiger partial charge in [-0.15, -0.1) is 0 Å². The Bertz CT molecular complexity index is 1260. The number of imidazole rings is 1. The highest BCUT2D eigenvalue weighted by Crippen LogP contribution is 2.40. The topological polar surface area (TPSA) is 62.5 Å². The summed E-state index contributed by atoms with van der Waals surface area (Å²) in [7, 11) is 0. The van der Waals surface area contributed by atoms with E-state index in [0.29, 0.717) is 17.0 Å². The third-order valence-corrected chi connectivity index (χ3v) is 4.58. The second-order valence-corrected chi connectivity index (χ2v) is 6.27. The third kappa shape index (κ3) is 2.57. The van der Waals surface area contributed by atoms with Crippen molar-refractivity contribution in [3.05, 3.63) is 85.2 Å². The van der Waals surface area contributed by atoms with E-state index in [1.165, 1.54) is 0 Å². The molecule has 0 spiro atoms. The molecule has 5 heteroatoms. The number of phenolic OH excluding ortho intramolecular Hbond substituents is 1. The number of nitrogens with zero attached hydrogens (tertiary/aromatic N) is 3. The number of aromatic hydroxyl groups is 1. The van der Waals surface area contributed by atoms with Crippen molar-refractivity contribution in [1.29, 1.82) is 0 Å². The second-order valence-electron chi connectivity index (χ2n) is 6.27. The minimum Gasteiger partial charge on any atom is -0.507 e. The van der Waals surface area contributed by atoms with E-state index in [4.69, 9.17) is 4.98 Å². The molecule has 5 aromatic rings. The van der Waals surface area contributed by atoms with Crippen LogP contribution in [-0.4, -0.2) is 19.5 Å². The Hall–Kier alpha value is -3.86. The van der Waals surface area contributed by atoms with Crippen LogP contribution in [0.4, 0.5) is 11.5 Å². The largest absolute Gasteiger partial charge is 0.507 e. The Morgan fingerprint density at radius 1 is 0.852 bits per heavy atom. The summed E-state index contributed by atoms with van der Waals surface area (Å²) in [6, 6.07) is 23.3. The molecule has 0 radical (unpaired) electrons. The van der Waals surface area contributed by atoms with Gasteiger partial charge in [-0.2, -0.15) is 0 Å². The number of para-hydroxylation sites is 1. The number of benzene rings is 3. The molecule has 0 aliphatic heterocycles. The average molecular weight is 352 g/mol. The number of anilines is 2. The SMILES string of the molecule is Oc1ccc2ccccc2c1-c1nc2ncccn2c1Nc1ccccc1. The summed E-state index contributed by atoms with van der Waals surface area (Å²) in [5, 5.41) is 16.1. The van der Waals surface area contributed by atoms with Crippen LogP contribution in [0.5, 0.6) is 5.75 Å². The quantitative estimate of drug-likeness (QED) is 0.480. The standard InChI is InChI=1S/C22H16N4O/c27-18-12-11-15-7-4-5-10-17(15)19(18)20-21(24-16-8-2-1-3-9-16)26-14-6-13-23-22(26)25-20/h1-14,24,27H. The summed E-state index contributed by atoms with van der Waals surface area (Å²) < 4.78 is 1.89. The Labute approximate surface area is 155 Å². The van der Waals surface area contributed by atoms with Crippen LogP contribution < -0.4 is 5.32 Å². The van der Waals surface area contributed by atoms with Crippen LogP contribution >= 0.6 is 0 Å². The Morgan fingerprint density at radius 3 is 2.56 bits per heavy atom. The molecule has 2 aromatic heterocycles. The van der Waals surface area contributed by atoms with E-state index < -0.39 is 0 Å². The number of fused-ring (bicyclic) bond motifs is 2. The van der Waals surface area contributed by atoms with Gasteiger partial charge in [-0.1, -0.05) is 48.5 Å². The lowest BCUT2D eigenvalue weighted by atomic mass is 10.0. The van der Waals surface area contributed by atoms with Crippen LogP contribution in [0.1, 0.15) is 0 Å². The van der Waals surface area contributed by atoms with E-state index in [-0.39, 0.29) is 5.75 Å². The maximum Gasteiger partial charge on any atom is 0.235 e. The number of rotatable bonds is 3. The number of hydrogen-bond donors (Lipinski definition) is 2. The van der Waals surface area contributed by atoms with Crippen molar-refractivity contribution in [2.24, 2.45) is 0 Å². The molecule has 0 amide bonds. The second kappa shape index (κ2) is 6.14. The van der Waals surface area contributed by atoms with Gasteiger partial charge in [-0.05, 0) is 35.0 Å². The third-order valence-electron chi connectivity index (χ3n) is 4.58. The van der Waals surface area contributed by atoms with E-state index in [2.05, 4.69) is 10.3 Å². The fraction of sp³-hybridized carbons (Fsp3) is 0. The van der Waals surface area contributed by atoms with Gasteiger partial charge in [-0.25, -0.2) is 9.97 Å². The van der Waals surface area contributed by atoms with Crippen molar-refractivity contribution in [3.8, 4) is 17.0 Å². The van der Waals surface area contributed by atoms with Gasteiger partial charge in [0, 0.05) is 18.1 Å². The zero-order chi connectivity index (χ0) is 18.2. The van der Waals surface area contributed by atoms with Gasteiger partial charge in [0.1, 0.15) is 17.3 Å². The lowest BCUT2D eigenvalue weighted by Gasteiger charge is -2.11. The van der Waals surface area contributed by atoms with Crippen molar-refractivity contribution < 1.29 is 5.11 Å².